The van der Waals surface area contributed by atoms with Crippen molar-refractivity contribution < 1.29 is 0 Å². The molecule has 0 N–H and O–H groups in total. The van der Waals surface area contributed by atoms with Gasteiger partial charge in [-0.1, -0.05) is 24.8 Å². The second kappa shape index (κ2) is 4.49. The van der Waals surface area contributed by atoms with Crippen LogP contribution in [0.1, 0.15) is 11.1 Å². The van der Waals surface area contributed by atoms with Gasteiger partial charge in [-0.25, -0.2) is 0 Å². The molecule has 2 aromatic rings. The molecule has 0 saturated heterocycles. The first-order chi connectivity index (χ1) is 7.74. The molecule has 80 valence electrons. The molecule has 16 heavy (non-hydrogen) atoms. The molecule has 0 amide bonds. The first-order valence-electron chi connectivity index (χ1n) is 4.96. The zero-order valence-electron chi connectivity index (χ0n) is 9.01. The van der Waals surface area contributed by atoms with Crippen LogP contribution in [0.15, 0.2) is 42.1 Å². The van der Waals surface area contributed by atoms with Crippen molar-refractivity contribution in [2.45, 2.75) is 11.8 Å². The molecule has 2 heterocycles. The Kier molecular flexibility index (Phi) is 3.06. The minimum atomic E-state index is 0.846. The monoisotopic (exact) mass is 228 g/mol. The fraction of sp³-hybridized carbons (Fsp3) is 0.0769. The number of aryl methyl sites for hydroxylation is 1. The molecule has 2 rings (SSSR count). The van der Waals surface area contributed by atoms with Gasteiger partial charge in [0.1, 0.15) is 5.52 Å². The lowest BCUT2D eigenvalue weighted by Gasteiger charge is -2.05. The number of allylic oxidation sites excluding steroid dienone is 2. The Morgan fingerprint density at radius 1 is 1.31 bits per heavy atom. The molecule has 3 heteroatoms. The Hall–Kier alpha value is -1.61. The van der Waals surface area contributed by atoms with Gasteiger partial charge in [-0.2, -0.15) is 0 Å². The summed E-state index contributed by atoms with van der Waals surface area (Å²) in [7, 11) is 0. The second-order valence-corrected chi connectivity index (χ2v) is 3.94. The molecule has 0 aromatic carbocycles. The minimum Gasteiger partial charge on any atom is -0.254 e. The summed E-state index contributed by atoms with van der Waals surface area (Å²) in [6.07, 6.45) is 9.19. The molecule has 0 bridgehead atoms. The van der Waals surface area contributed by atoms with Crippen LogP contribution in [0, 0.1) is 6.92 Å². The van der Waals surface area contributed by atoms with Crippen LogP contribution in [0.3, 0.4) is 0 Å². The zero-order chi connectivity index (χ0) is 11.5. The maximum atomic E-state index is 4.37. The molecule has 0 fully saturated rings. The standard InChI is InChI=1S/C13H12N2S/c1-3-4-5-10-8-15-13-11(16)6-7-14-12(13)9(10)2/h3-8H,1H2,2H3,(H,14,16)/b5-4-. The molecular formula is C13H12N2S. The Bertz CT molecular complexity index is 573. The van der Waals surface area contributed by atoms with Crippen LogP contribution in [0.5, 0.6) is 0 Å². The van der Waals surface area contributed by atoms with E-state index in [1.165, 1.54) is 0 Å². The number of pyridine rings is 2. The molecule has 0 spiro atoms. The lowest BCUT2D eigenvalue weighted by atomic mass is 10.1. The summed E-state index contributed by atoms with van der Waals surface area (Å²) in [5.41, 5.74) is 3.91. The van der Waals surface area contributed by atoms with Gasteiger partial charge in [0.05, 0.1) is 5.52 Å². The van der Waals surface area contributed by atoms with Crippen LogP contribution in [0.25, 0.3) is 17.1 Å². The van der Waals surface area contributed by atoms with Crippen molar-refractivity contribution in [1.29, 1.82) is 0 Å². The van der Waals surface area contributed by atoms with Crippen LogP contribution in [-0.4, -0.2) is 9.97 Å². The van der Waals surface area contributed by atoms with Crippen molar-refractivity contribution in [2.75, 3.05) is 0 Å². The first kappa shape index (κ1) is 10.9. The number of rotatable bonds is 2. The Morgan fingerprint density at radius 3 is 2.88 bits per heavy atom. The summed E-state index contributed by atoms with van der Waals surface area (Å²) in [6, 6.07) is 1.84. The van der Waals surface area contributed by atoms with Gasteiger partial charge in [-0.15, -0.1) is 12.6 Å². The highest BCUT2D eigenvalue weighted by atomic mass is 32.1. The molecule has 2 nitrogen and oxygen atoms in total. The molecule has 2 aromatic heterocycles. The summed E-state index contributed by atoms with van der Waals surface area (Å²) in [5.74, 6) is 0. The van der Waals surface area contributed by atoms with Crippen molar-refractivity contribution in [3.05, 3.63) is 48.3 Å². The predicted molar refractivity (Wildman–Crippen MR) is 70.8 cm³/mol. The van der Waals surface area contributed by atoms with E-state index < -0.39 is 0 Å². The molecule has 0 aliphatic carbocycles. The van der Waals surface area contributed by atoms with E-state index >= 15 is 0 Å². The molecule has 0 aliphatic rings. The van der Waals surface area contributed by atoms with Gasteiger partial charge in [0, 0.05) is 17.3 Å². The van der Waals surface area contributed by atoms with Gasteiger partial charge >= 0.3 is 0 Å². The molecular weight excluding hydrogens is 216 g/mol. The molecule has 0 saturated carbocycles. The molecule has 0 radical (unpaired) electrons. The van der Waals surface area contributed by atoms with Crippen LogP contribution < -0.4 is 0 Å². The molecule has 0 unspecified atom stereocenters. The number of hydrogen-bond donors (Lipinski definition) is 1. The van der Waals surface area contributed by atoms with Gasteiger partial charge in [-0.3, -0.25) is 9.97 Å². The highest BCUT2D eigenvalue weighted by molar-refractivity contribution is 7.80. The number of hydrogen-bond acceptors (Lipinski definition) is 3. The average molecular weight is 228 g/mol. The van der Waals surface area contributed by atoms with Crippen molar-refractivity contribution in [1.82, 2.24) is 9.97 Å². The van der Waals surface area contributed by atoms with E-state index in [0.717, 1.165) is 27.1 Å². The molecule has 0 aliphatic heterocycles. The Labute approximate surface area is 100 Å². The predicted octanol–water partition coefficient (Wildman–Crippen LogP) is 3.43. The first-order valence-corrected chi connectivity index (χ1v) is 5.41. The van der Waals surface area contributed by atoms with E-state index in [1.807, 2.05) is 31.3 Å². The third-order valence-electron chi connectivity index (χ3n) is 2.44. The van der Waals surface area contributed by atoms with Gasteiger partial charge in [-0.05, 0) is 24.1 Å². The van der Waals surface area contributed by atoms with Gasteiger partial charge in [0.25, 0.3) is 0 Å². The quantitative estimate of drug-likeness (QED) is 0.629. The number of nitrogens with zero attached hydrogens (tertiary/aromatic N) is 2. The number of aromatic nitrogens is 2. The topological polar surface area (TPSA) is 25.8 Å². The fourth-order valence-corrected chi connectivity index (χ4v) is 1.78. The maximum absolute atomic E-state index is 4.37. The maximum Gasteiger partial charge on any atom is 0.102 e. The van der Waals surface area contributed by atoms with E-state index in [9.17, 15) is 0 Å². The number of fused-ring (bicyclic) bond motifs is 1. The highest BCUT2D eigenvalue weighted by Crippen LogP contribution is 2.23. The lowest BCUT2D eigenvalue weighted by molar-refractivity contribution is 1.24. The summed E-state index contributed by atoms with van der Waals surface area (Å²) in [5, 5.41) is 0. The van der Waals surface area contributed by atoms with E-state index in [4.69, 9.17) is 0 Å². The third kappa shape index (κ3) is 1.86. The van der Waals surface area contributed by atoms with E-state index in [1.54, 1.807) is 12.3 Å². The van der Waals surface area contributed by atoms with E-state index in [-0.39, 0.29) is 0 Å². The normalized spacial score (nSPS) is 11.1. The Balaban J connectivity index is 2.70. The highest BCUT2D eigenvalue weighted by Gasteiger charge is 2.05. The van der Waals surface area contributed by atoms with Crippen molar-refractivity contribution in [3.8, 4) is 0 Å². The van der Waals surface area contributed by atoms with Crippen LogP contribution in [0.2, 0.25) is 0 Å². The van der Waals surface area contributed by atoms with Gasteiger partial charge < -0.3 is 0 Å². The van der Waals surface area contributed by atoms with Crippen LogP contribution in [0.4, 0.5) is 0 Å². The van der Waals surface area contributed by atoms with Crippen LogP contribution in [-0.2, 0) is 0 Å². The molecule has 0 atom stereocenters. The number of thiol groups is 1. The summed E-state index contributed by atoms with van der Waals surface area (Å²) in [6.45, 7) is 5.68. The van der Waals surface area contributed by atoms with Crippen molar-refractivity contribution >= 4 is 29.7 Å². The van der Waals surface area contributed by atoms with Crippen LogP contribution >= 0.6 is 12.6 Å². The van der Waals surface area contributed by atoms with E-state index in [0.29, 0.717) is 0 Å². The largest absolute Gasteiger partial charge is 0.254 e. The zero-order valence-corrected chi connectivity index (χ0v) is 9.91. The van der Waals surface area contributed by atoms with Crippen molar-refractivity contribution in [3.63, 3.8) is 0 Å². The van der Waals surface area contributed by atoms with Gasteiger partial charge in [0.2, 0.25) is 0 Å². The smallest absolute Gasteiger partial charge is 0.102 e. The van der Waals surface area contributed by atoms with E-state index in [2.05, 4.69) is 29.2 Å². The Morgan fingerprint density at radius 2 is 2.12 bits per heavy atom. The van der Waals surface area contributed by atoms with Crippen molar-refractivity contribution in [2.24, 2.45) is 0 Å². The SMILES string of the molecule is C=C/C=C\c1cnc2c(S)ccnc2c1C. The lowest BCUT2D eigenvalue weighted by Crippen LogP contribution is -1.91. The minimum absolute atomic E-state index is 0.846. The summed E-state index contributed by atoms with van der Waals surface area (Å²) < 4.78 is 0. The summed E-state index contributed by atoms with van der Waals surface area (Å²) >= 11 is 4.37. The average Bonchev–Trinajstić information content (AvgIpc) is 2.29. The van der Waals surface area contributed by atoms with Gasteiger partial charge in [0.15, 0.2) is 0 Å². The third-order valence-corrected chi connectivity index (χ3v) is 2.80. The fourth-order valence-electron chi connectivity index (χ4n) is 1.55. The summed E-state index contributed by atoms with van der Waals surface area (Å²) in [4.78, 5) is 9.56. The second-order valence-electron chi connectivity index (χ2n) is 3.46.